The fourth-order valence-electron chi connectivity index (χ4n) is 1.70. The van der Waals surface area contributed by atoms with E-state index in [0.29, 0.717) is 0 Å². The number of carbonyl (C=O) groups is 2. The number of ether oxygens (including phenoxy) is 4. The molecule has 1 heterocycles. The second-order valence-electron chi connectivity index (χ2n) is 4.36. The molecule has 1 saturated heterocycles. The van der Waals surface area contributed by atoms with Gasteiger partial charge in [-0.2, -0.15) is 0 Å². The van der Waals surface area contributed by atoms with Crippen LogP contribution in [0.4, 0.5) is 0 Å². The molecule has 11 heteroatoms. The summed E-state index contributed by atoms with van der Waals surface area (Å²) in [4.78, 5) is 22.1. The van der Waals surface area contributed by atoms with Crippen LogP contribution in [0.1, 0.15) is 13.8 Å². The molecule has 4 atom stereocenters. The Labute approximate surface area is 141 Å². The van der Waals surface area contributed by atoms with Crippen LogP contribution < -0.4 is 0 Å². The van der Waals surface area contributed by atoms with E-state index >= 15 is 0 Å². The lowest BCUT2D eigenvalue weighted by Crippen LogP contribution is -2.57. The molecule has 1 unspecified atom stereocenters. The average molecular weight is 379 g/mol. The predicted octanol–water partition coefficient (Wildman–Crippen LogP) is 0.931. The first kappa shape index (κ1) is 19.2. The summed E-state index contributed by atoms with van der Waals surface area (Å²) in [5.74, 6) is -2.14. The van der Waals surface area contributed by atoms with Crippen LogP contribution in [-0.2, 0) is 28.5 Å². The van der Waals surface area contributed by atoms with E-state index in [1.54, 1.807) is 0 Å². The number of aliphatic hydroxyl groups is 1. The Morgan fingerprint density at radius 3 is 2.18 bits per heavy atom. The minimum Gasteiger partial charge on any atom is -0.456 e. The molecule has 1 aliphatic heterocycles. The smallest absolute Gasteiger partial charge is 0.303 e. The van der Waals surface area contributed by atoms with Gasteiger partial charge in [0.15, 0.2) is 18.3 Å². The van der Waals surface area contributed by atoms with Crippen molar-refractivity contribution >= 4 is 52.6 Å². The maximum absolute atomic E-state index is 11.1. The maximum atomic E-state index is 11.1. The van der Waals surface area contributed by atoms with Crippen LogP contribution in [0.25, 0.3) is 0 Å². The van der Waals surface area contributed by atoms with Crippen LogP contribution in [0.5, 0.6) is 0 Å². The zero-order chi connectivity index (χ0) is 17.1. The van der Waals surface area contributed by atoms with Gasteiger partial charge in [-0.25, -0.2) is 0 Å². The molecule has 0 aliphatic carbocycles. The van der Waals surface area contributed by atoms with Crippen molar-refractivity contribution in [3.63, 3.8) is 0 Å². The van der Waals surface area contributed by atoms with Crippen molar-refractivity contribution in [1.82, 2.24) is 0 Å². The van der Waals surface area contributed by atoms with E-state index in [-0.39, 0.29) is 6.61 Å². The summed E-state index contributed by atoms with van der Waals surface area (Å²) < 4.78 is 17.7. The highest BCUT2D eigenvalue weighted by Gasteiger charge is 2.46. The fraction of sp³-hybridized carbons (Fsp3) is 0.727. The number of aliphatic hydroxyl groups excluding tert-OH is 1. The molecule has 0 radical (unpaired) electrons. The summed E-state index contributed by atoms with van der Waals surface area (Å²) in [5.41, 5.74) is 0. The molecule has 126 valence electrons. The van der Waals surface area contributed by atoms with Gasteiger partial charge in [0.05, 0.1) is 6.61 Å². The largest absolute Gasteiger partial charge is 0.456 e. The third-order valence-corrected chi connectivity index (χ3v) is 3.03. The molecule has 1 rings (SSSR count). The average Bonchev–Trinajstić information content (AvgIpc) is 2.34. The van der Waals surface area contributed by atoms with Gasteiger partial charge in [-0.1, -0.05) is 34.8 Å². The minimum atomic E-state index is -2.15. The third-order valence-electron chi connectivity index (χ3n) is 2.52. The standard InChI is InChI=1S/C11H14Cl3NO7/c1-4(16)20-6-3-19-9(22-10(15)11(12,13)14)7(18)8(6)21-5(2)17/h6-9,15,18H,3H2,1-2H3/t6-,7-,8?,9-/m1/s1. The first-order chi connectivity index (χ1) is 10.0. The molecular formula is C11H14Cl3NO7. The topological polar surface area (TPSA) is 115 Å². The number of hydrogen-bond acceptors (Lipinski definition) is 8. The summed E-state index contributed by atoms with van der Waals surface area (Å²) >= 11 is 16.4. The second-order valence-corrected chi connectivity index (χ2v) is 6.64. The number of carbonyl (C=O) groups excluding carboxylic acids is 2. The Kier molecular flexibility index (Phi) is 6.69. The van der Waals surface area contributed by atoms with Crippen LogP contribution in [0.3, 0.4) is 0 Å². The minimum absolute atomic E-state index is 0.244. The van der Waals surface area contributed by atoms with Crippen molar-refractivity contribution < 1.29 is 33.6 Å². The van der Waals surface area contributed by atoms with Crippen molar-refractivity contribution in [2.24, 2.45) is 0 Å². The molecule has 2 N–H and O–H groups in total. The van der Waals surface area contributed by atoms with Crippen LogP contribution >= 0.6 is 34.8 Å². The van der Waals surface area contributed by atoms with E-state index in [1.165, 1.54) is 0 Å². The SMILES string of the molecule is CC(=O)OC1[C@@H](O)[C@@H](OC(=N)C(Cl)(Cl)Cl)OC[C@H]1OC(C)=O. The third kappa shape index (κ3) is 5.44. The molecule has 1 fully saturated rings. The zero-order valence-corrected chi connectivity index (χ0v) is 13.8. The van der Waals surface area contributed by atoms with Gasteiger partial charge >= 0.3 is 11.9 Å². The number of rotatable bonds is 3. The first-order valence-corrected chi connectivity index (χ1v) is 7.12. The first-order valence-electron chi connectivity index (χ1n) is 5.99. The molecule has 22 heavy (non-hydrogen) atoms. The molecule has 0 aromatic carbocycles. The Balaban J connectivity index is 2.83. The highest BCUT2D eigenvalue weighted by Crippen LogP contribution is 2.30. The van der Waals surface area contributed by atoms with Gasteiger partial charge in [-0.15, -0.1) is 0 Å². The Hall–Kier alpha value is -0.800. The summed E-state index contributed by atoms with van der Waals surface area (Å²) in [6, 6.07) is 0. The molecular weight excluding hydrogens is 364 g/mol. The van der Waals surface area contributed by atoms with Crippen LogP contribution in [0, 0.1) is 5.41 Å². The molecule has 0 saturated carbocycles. The summed E-state index contributed by atoms with van der Waals surface area (Å²) in [6.45, 7) is 2.02. The van der Waals surface area contributed by atoms with Crippen LogP contribution in [0.2, 0.25) is 0 Å². The lowest BCUT2D eigenvalue weighted by Gasteiger charge is -2.38. The van der Waals surface area contributed by atoms with Crippen molar-refractivity contribution in [3.05, 3.63) is 0 Å². The molecule has 0 spiro atoms. The fourth-order valence-corrected chi connectivity index (χ4v) is 1.83. The normalized spacial score (nSPS) is 28.6. The maximum Gasteiger partial charge on any atom is 0.303 e. The van der Waals surface area contributed by atoms with Gasteiger partial charge < -0.3 is 24.1 Å². The van der Waals surface area contributed by atoms with Crippen molar-refractivity contribution in [2.45, 2.75) is 42.2 Å². The lowest BCUT2D eigenvalue weighted by atomic mass is 10.0. The Bertz CT molecular complexity index is 453. The monoisotopic (exact) mass is 377 g/mol. The highest BCUT2D eigenvalue weighted by molar-refractivity contribution is 6.76. The number of hydrogen-bond donors (Lipinski definition) is 2. The molecule has 0 amide bonds. The molecule has 1 aliphatic rings. The lowest BCUT2D eigenvalue weighted by molar-refractivity contribution is -0.257. The Morgan fingerprint density at radius 2 is 1.73 bits per heavy atom. The quantitative estimate of drug-likeness (QED) is 0.325. The van der Waals surface area contributed by atoms with Crippen molar-refractivity contribution in [1.29, 1.82) is 5.41 Å². The van der Waals surface area contributed by atoms with E-state index in [0.717, 1.165) is 13.8 Å². The van der Waals surface area contributed by atoms with Gasteiger partial charge in [0.1, 0.15) is 0 Å². The van der Waals surface area contributed by atoms with E-state index in [2.05, 4.69) is 0 Å². The summed E-state index contributed by atoms with van der Waals surface area (Å²) in [6.07, 6.45) is -5.27. The van der Waals surface area contributed by atoms with Crippen LogP contribution in [0.15, 0.2) is 0 Å². The summed E-state index contributed by atoms with van der Waals surface area (Å²) in [7, 11) is 0. The van der Waals surface area contributed by atoms with E-state index in [4.69, 9.17) is 59.2 Å². The second kappa shape index (κ2) is 7.65. The summed E-state index contributed by atoms with van der Waals surface area (Å²) in [5, 5.41) is 17.6. The zero-order valence-electron chi connectivity index (χ0n) is 11.5. The van der Waals surface area contributed by atoms with Crippen molar-refractivity contribution in [2.75, 3.05) is 6.61 Å². The van der Waals surface area contributed by atoms with Gasteiger partial charge in [0.25, 0.3) is 3.79 Å². The Morgan fingerprint density at radius 1 is 1.18 bits per heavy atom. The van der Waals surface area contributed by atoms with E-state index in [9.17, 15) is 14.7 Å². The predicted molar refractivity (Wildman–Crippen MR) is 76.0 cm³/mol. The van der Waals surface area contributed by atoms with Gasteiger partial charge in [0, 0.05) is 13.8 Å². The van der Waals surface area contributed by atoms with Crippen molar-refractivity contribution in [3.8, 4) is 0 Å². The number of halogens is 3. The van der Waals surface area contributed by atoms with Gasteiger partial charge in [-0.05, 0) is 0 Å². The number of esters is 2. The molecule has 0 aromatic heterocycles. The highest BCUT2D eigenvalue weighted by atomic mass is 35.6. The number of alkyl halides is 3. The molecule has 8 nitrogen and oxygen atoms in total. The van der Waals surface area contributed by atoms with Gasteiger partial charge in [-0.3, -0.25) is 15.0 Å². The van der Waals surface area contributed by atoms with Crippen LogP contribution in [-0.4, -0.2) is 57.9 Å². The molecule has 0 aromatic rings. The van der Waals surface area contributed by atoms with E-state index < -0.39 is 46.2 Å². The van der Waals surface area contributed by atoms with Gasteiger partial charge in [0.2, 0.25) is 12.2 Å². The number of nitrogens with one attached hydrogen (secondary N) is 1. The molecule has 0 bridgehead atoms. The van der Waals surface area contributed by atoms with E-state index in [1.807, 2.05) is 0 Å².